The van der Waals surface area contributed by atoms with Gasteiger partial charge in [-0.15, -0.1) is 0 Å². The van der Waals surface area contributed by atoms with Crippen LogP contribution >= 0.6 is 0 Å². The van der Waals surface area contributed by atoms with Gasteiger partial charge in [0.2, 0.25) is 0 Å². The minimum absolute atomic E-state index is 0.134. The maximum Gasteiger partial charge on any atom is 0.187 e. The average Bonchev–Trinajstić information content (AvgIpc) is 2.51. The van der Waals surface area contributed by atoms with Crippen LogP contribution in [0.4, 0.5) is 0 Å². The van der Waals surface area contributed by atoms with E-state index in [1.807, 2.05) is 0 Å². The van der Waals surface area contributed by atoms with Gasteiger partial charge in [0.05, 0.1) is 0 Å². The highest BCUT2D eigenvalue weighted by Gasteiger charge is 2.50. The first-order valence-electron chi connectivity index (χ1n) is 8.11. The lowest BCUT2D eigenvalue weighted by atomic mass is 10.1. The molecular formula is C14H35NO4Si3. The summed E-state index contributed by atoms with van der Waals surface area (Å²) in [4.78, 5) is 0. The molecule has 0 spiro atoms. The molecular weight excluding hydrogens is 330 g/mol. The lowest BCUT2D eigenvalue weighted by molar-refractivity contribution is -0.108. The Labute approximate surface area is 139 Å². The van der Waals surface area contributed by atoms with Gasteiger partial charge in [0, 0.05) is 6.54 Å². The summed E-state index contributed by atoms with van der Waals surface area (Å²) in [7, 11) is -5.22. The van der Waals surface area contributed by atoms with Crippen LogP contribution in [0, 0.1) is 0 Å². The van der Waals surface area contributed by atoms with Crippen molar-refractivity contribution < 1.29 is 18.0 Å². The maximum absolute atomic E-state index is 6.40. The van der Waals surface area contributed by atoms with Crippen molar-refractivity contribution in [1.82, 2.24) is 0 Å². The molecule has 1 fully saturated rings. The highest BCUT2D eigenvalue weighted by atomic mass is 28.4. The molecule has 5 nitrogen and oxygen atoms in total. The van der Waals surface area contributed by atoms with Crippen LogP contribution in [0.25, 0.3) is 0 Å². The van der Waals surface area contributed by atoms with Gasteiger partial charge in [-0.3, -0.25) is 0 Å². The molecule has 0 radical (unpaired) electrons. The molecule has 2 N–H and O–H groups in total. The second-order valence-corrected chi connectivity index (χ2v) is 22.3. The van der Waals surface area contributed by atoms with Crippen molar-refractivity contribution >= 4 is 25.0 Å². The molecule has 0 amide bonds. The Morgan fingerprint density at radius 2 is 1.14 bits per heavy atom. The van der Waals surface area contributed by atoms with Crippen molar-refractivity contribution in [3.63, 3.8) is 0 Å². The Bertz CT molecular complexity index is 363. The van der Waals surface area contributed by atoms with Crippen molar-refractivity contribution in [2.45, 2.75) is 83.5 Å². The molecule has 1 saturated heterocycles. The standard InChI is InChI=1S/C14H35NO4Si3/c1-20(2,3)17-12-11(10-15)16-14(19-22(7,8)9)13(12)18-21(4,5)6/h11-14H,10,15H2,1-9H3/t11-,12-,13-,14-/m1/s1. The molecule has 132 valence electrons. The predicted octanol–water partition coefficient (Wildman–Crippen LogP) is 2.96. The van der Waals surface area contributed by atoms with Crippen LogP contribution in [-0.2, 0) is 18.0 Å². The van der Waals surface area contributed by atoms with E-state index < -0.39 is 25.0 Å². The zero-order valence-corrected chi connectivity index (χ0v) is 18.7. The van der Waals surface area contributed by atoms with E-state index in [0.717, 1.165) is 0 Å². The van der Waals surface area contributed by atoms with Gasteiger partial charge in [0.1, 0.15) is 18.3 Å². The lowest BCUT2D eigenvalue weighted by Gasteiger charge is -2.35. The van der Waals surface area contributed by atoms with Crippen LogP contribution in [0.3, 0.4) is 0 Å². The smallest absolute Gasteiger partial charge is 0.187 e. The average molecular weight is 366 g/mol. The molecule has 0 saturated carbocycles. The van der Waals surface area contributed by atoms with Gasteiger partial charge in [0.15, 0.2) is 31.2 Å². The van der Waals surface area contributed by atoms with Gasteiger partial charge < -0.3 is 23.7 Å². The third kappa shape index (κ3) is 6.91. The van der Waals surface area contributed by atoms with Gasteiger partial charge >= 0.3 is 0 Å². The first kappa shape index (κ1) is 20.5. The monoisotopic (exact) mass is 365 g/mol. The van der Waals surface area contributed by atoms with E-state index in [1.54, 1.807) is 0 Å². The zero-order valence-electron chi connectivity index (χ0n) is 15.7. The van der Waals surface area contributed by atoms with Gasteiger partial charge in [-0.05, 0) is 58.9 Å². The fraction of sp³-hybridized carbons (Fsp3) is 1.00. The van der Waals surface area contributed by atoms with Crippen molar-refractivity contribution in [2.75, 3.05) is 6.54 Å². The summed E-state index contributed by atoms with van der Waals surface area (Å²) in [5, 5.41) is 0. The molecule has 8 heteroatoms. The minimum Gasteiger partial charge on any atom is -0.409 e. The maximum atomic E-state index is 6.40. The Hall–Kier alpha value is 0.451. The second-order valence-electron chi connectivity index (χ2n) is 8.90. The van der Waals surface area contributed by atoms with Gasteiger partial charge in [-0.25, -0.2) is 0 Å². The van der Waals surface area contributed by atoms with Crippen LogP contribution < -0.4 is 5.73 Å². The van der Waals surface area contributed by atoms with Gasteiger partial charge in [0.25, 0.3) is 0 Å². The number of ether oxygens (including phenoxy) is 1. The van der Waals surface area contributed by atoms with Crippen LogP contribution in [0.5, 0.6) is 0 Å². The molecule has 1 aliphatic heterocycles. The second kappa shape index (κ2) is 7.14. The summed E-state index contributed by atoms with van der Waals surface area (Å²) in [5.41, 5.74) is 5.92. The molecule has 0 aromatic carbocycles. The largest absolute Gasteiger partial charge is 0.409 e. The highest BCUT2D eigenvalue weighted by molar-refractivity contribution is 6.70. The van der Waals surface area contributed by atoms with Gasteiger partial charge in [-0.1, -0.05) is 0 Å². The third-order valence-electron chi connectivity index (χ3n) is 2.95. The summed E-state index contributed by atoms with van der Waals surface area (Å²) in [6.07, 6.45) is -0.842. The van der Waals surface area contributed by atoms with E-state index in [1.165, 1.54) is 0 Å². The number of hydrogen-bond acceptors (Lipinski definition) is 5. The van der Waals surface area contributed by atoms with E-state index in [0.29, 0.717) is 6.54 Å². The summed E-state index contributed by atoms with van der Waals surface area (Å²) in [6.45, 7) is 20.0. The molecule has 0 aromatic rings. The molecule has 0 aliphatic carbocycles. The topological polar surface area (TPSA) is 62.9 Å². The number of hydrogen-bond donors (Lipinski definition) is 1. The minimum atomic E-state index is -1.75. The molecule has 1 heterocycles. The van der Waals surface area contributed by atoms with Crippen LogP contribution in [0.15, 0.2) is 0 Å². The first-order valence-corrected chi connectivity index (χ1v) is 18.3. The molecule has 1 rings (SSSR count). The van der Waals surface area contributed by atoms with Crippen molar-refractivity contribution in [3.8, 4) is 0 Å². The SMILES string of the molecule is C[Si](C)(C)O[C@H]1O[C@H](CN)[C@@H](O[Si](C)(C)C)[C@H]1O[Si](C)(C)C. The fourth-order valence-electron chi connectivity index (χ4n) is 2.41. The number of nitrogens with two attached hydrogens (primary N) is 1. The first-order chi connectivity index (χ1) is 9.72. The Morgan fingerprint density at radius 3 is 1.50 bits per heavy atom. The number of rotatable bonds is 7. The van der Waals surface area contributed by atoms with E-state index in [9.17, 15) is 0 Å². The molecule has 0 bridgehead atoms. The predicted molar refractivity (Wildman–Crippen MR) is 98.6 cm³/mol. The lowest BCUT2D eigenvalue weighted by Crippen LogP contribution is -2.50. The fourth-order valence-corrected chi connectivity index (χ4v) is 5.46. The van der Waals surface area contributed by atoms with E-state index >= 15 is 0 Å². The van der Waals surface area contributed by atoms with Gasteiger partial charge in [-0.2, -0.15) is 0 Å². The zero-order chi connectivity index (χ0) is 17.3. The molecule has 0 unspecified atom stereocenters. The van der Waals surface area contributed by atoms with Crippen molar-refractivity contribution in [3.05, 3.63) is 0 Å². The molecule has 1 aliphatic rings. The van der Waals surface area contributed by atoms with Crippen molar-refractivity contribution in [1.29, 1.82) is 0 Å². The van der Waals surface area contributed by atoms with Crippen LogP contribution in [0.1, 0.15) is 0 Å². The normalized spacial score (nSPS) is 30.8. The van der Waals surface area contributed by atoms with E-state index in [2.05, 4.69) is 58.9 Å². The van der Waals surface area contributed by atoms with E-state index in [-0.39, 0.29) is 24.6 Å². The third-order valence-corrected chi connectivity index (χ3v) is 5.85. The summed E-state index contributed by atoms with van der Waals surface area (Å²) < 4.78 is 25.1. The Balaban J connectivity index is 3.02. The summed E-state index contributed by atoms with van der Waals surface area (Å²) in [5.74, 6) is 0. The Kier molecular flexibility index (Phi) is 6.65. The summed E-state index contributed by atoms with van der Waals surface area (Å²) in [6, 6.07) is 0. The molecule has 0 aromatic heterocycles. The molecule has 4 atom stereocenters. The van der Waals surface area contributed by atoms with Crippen molar-refractivity contribution in [2.24, 2.45) is 5.73 Å². The quantitative estimate of drug-likeness (QED) is 0.703. The summed E-state index contributed by atoms with van der Waals surface area (Å²) >= 11 is 0. The Morgan fingerprint density at radius 1 is 0.727 bits per heavy atom. The molecule has 22 heavy (non-hydrogen) atoms. The van der Waals surface area contributed by atoms with E-state index in [4.69, 9.17) is 23.7 Å². The van der Waals surface area contributed by atoms with Crippen LogP contribution in [-0.4, -0.2) is 56.1 Å². The van der Waals surface area contributed by atoms with Crippen LogP contribution in [0.2, 0.25) is 58.9 Å². The highest BCUT2D eigenvalue weighted by Crippen LogP contribution is 2.32.